The molecule has 0 bridgehead atoms. The minimum absolute atomic E-state index is 0.129. The molecule has 3 rings (SSSR count). The number of amides is 1. The molecule has 2 aromatic rings. The van der Waals surface area contributed by atoms with Crippen LogP contribution in [0.15, 0.2) is 36.4 Å². The highest BCUT2D eigenvalue weighted by Gasteiger charge is 2.44. The van der Waals surface area contributed by atoms with Crippen LogP contribution in [-0.4, -0.2) is 5.91 Å². The molecule has 4 heteroatoms. The van der Waals surface area contributed by atoms with Crippen molar-refractivity contribution in [1.29, 1.82) is 0 Å². The van der Waals surface area contributed by atoms with Gasteiger partial charge in [-0.25, -0.2) is 8.78 Å². The maximum Gasteiger partial charge on any atom is 0.237 e. The van der Waals surface area contributed by atoms with Gasteiger partial charge < -0.3 is 4.90 Å². The average molecular weight is 311 g/mol. The van der Waals surface area contributed by atoms with Gasteiger partial charge in [-0.3, -0.25) is 4.79 Å². The van der Waals surface area contributed by atoms with E-state index in [4.69, 9.17) is 6.42 Å². The maximum atomic E-state index is 13.9. The molecule has 0 saturated carbocycles. The van der Waals surface area contributed by atoms with Gasteiger partial charge >= 0.3 is 0 Å². The third kappa shape index (κ3) is 2.29. The highest BCUT2D eigenvalue weighted by atomic mass is 19.1. The fourth-order valence-corrected chi connectivity index (χ4v) is 2.93. The normalized spacial score (nSPS) is 15.4. The minimum Gasteiger partial charge on any atom is -0.307 e. The number of fused-ring (bicyclic) bond motifs is 1. The smallest absolute Gasteiger partial charge is 0.237 e. The largest absolute Gasteiger partial charge is 0.307 e. The van der Waals surface area contributed by atoms with Gasteiger partial charge in [0.2, 0.25) is 5.91 Å². The standard InChI is InChI=1S/C19H15F2NO/c1-4-12-8-9-14-17(10-12)22(18(23)19(14,2)3)11-13-15(20)6-5-7-16(13)21/h1,5-10H,11H2,2-3H3. The summed E-state index contributed by atoms with van der Waals surface area (Å²) < 4.78 is 27.9. The molecule has 0 aliphatic carbocycles. The number of carbonyl (C=O) groups excluding carboxylic acids is 1. The van der Waals surface area contributed by atoms with E-state index < -0.39 is 17.0 Å². The summed E-state index contributed by atoms with van der Waals surface area (Å²) in [7, 11) is 0. The number of halogens is 2. The van der Waals surface area contributed by atoms with E-state index in [1.165, 1.54) is 23.1 Å². The summed E-state index contributed by atoms with van der Waals surface area (Å²) in [4.78, 5) is 14.1. The number of hydrogen-bond acceptors (Lipinski definition) is 1. The van der Waals surface area contributed by atoms with E-state index in [1.807, 2.05) is 0 Å². The lowest BCUT2D eigenvalue weighted by Crippen LogP contribution is -2.36. The van der Waals surface area contributed by atoms with Gasteiger partial charge in [0.25, 0.3) is 0 Å². The zero-order chi connectivity index (χ0) is 16.8. The van der Waals surface area contributed by atoms with E-state index in [2.05, 4.69) is 5.92 Å². The fraction of sp³-hybridized carbons (Fsp3) is 0.211. The monoisotopic (exact) mass is 311 g/mol. The van der Waals surface area contributed by atoms with Crippen LogP contribution < -0.4 is 4.90 Å². The van der Waals surface area contributed by atoms with E-state index in [1.54, 1.807) is 32.0 Å². The summed E-state index contributed by atoms with van der Waals surface area (Å²) >= 11 is 0. The van der Waals surface area contributed by atoms with Gasteiger partial charge in [-0.15, -0.1) is 6.42 Å². The van der Waals surface area contributed by atoms with Crippen LogP contribution in [-0.2, 0) is 16.8 Å². The molecule has 0 N–H and O–H groups in total. The summed E-state index contributed by atoms with van der Waals surface area (Å²) in [5.74, 6) is 0.977. The molecule has 0 radical (unpaired) electrons. The van der Waals surface area contributed by atoms with Gasteiger partial charge in [-0.1, -0.05) is 18.1 Å². The maximum absolute atomic E-state index is 13.9. The molecular formula is C19H15F2NO. The van der Waals surface area contributed by atoms with Crippen molar-refractivity contribution in [2.75, 3.05) is 4.90 Å². The lowest BCUT2D eigenvalue weighted by atomic mass is 9.86. The van der Waals surface area contributed by atoms with Gasteiger partial charge in [0.1, 0.15) is 11.6 Å². The molecule has 0 unspecified atom stereocenters. The molecule has 2 aromatic carbocycles. The second kappa shape index (κ2) is 5.20. The Bertz CT molecular complexity index is 829. The van der Waals surface area contributed by atoms with Crippen molar-refractivity contribution in [3.05, 3.63) is 64.7 Å². The molecule has 2 nitrogen and oxygen atoms in total. The Labute approximate surface area is 133 Å². The summed E-state index contributed by atoms with van der Waals surface area (Å²) in [6.07, 6.45) is 5.42. The number of nitrogens with zero attached hydrogens (tertiary/aromatic N) is 1. The third-order valence-electron chi connectivity index (χ3n) is 4.29. The Balaban J connectivity index is 2.11. The fourth-order valence-electron chi connectivity index (χ4n) is 2.93. The quantitative estimate of drug-likeness (QED) is 0.773. The first-order chi connectivity index (χ1) is 10.9. The number of terminal acetylenes is 1. The van der Waals surface area contributed by atoms with E-state index in [0.29, 0.717) is 11.3 Å². The zero-order valence-electron chi connectivity index (χ0n) is 12.9. The Morgan fingerprint density at radius 1 is 1.17 bits per heavy atom. The minimum atomic E-state index is -0.760. The number of rotatable bonds is 2. The van der Waals surface area contributed by atoms with E-state index >= 15 is 0 Å². The van der Waals surface area contributed by atoms with Crippen LogP contribution >= 0.6 is 0 Å². The number of benzene rings is 2. The van der Waals surface area contributed by atoms with E-state index in [-0.39, 0.29) is 18.0 Å². The van der Waals surface area contributed by atoms with E-state index in [9.17, 15) is 13.6 Å². The van der Waals surface area contributed by atoms with Crippen molar-refractivity contribution in [3.8, 4) is 12.3 Å². The molecule has 0 fully saturated rings. The van der Waals surface area contributed by atoms with Crippen LogP contribution in [0.1, 0.15) is 30.5 Å². The molecule has 1 heterocycles. The lowest BCUT2D eigenvalue weighted by Gasteiger charge is -2.21. The van der Waals surface area contributed by atoms with Crippen LogP contribution in [0.2, 0.25) is 0 Å². The van der Waals surface area contributed by atoms with Gasteiger partial charge in [0, 0.05) is 16.8 Å². The number of carbonyl (C=O) groups is 1. The molecule has 0 saturated heterocycles. The molecule has 23 heavy (non-hydrogen) atoms. The van der Waals surface area contributed by atoms with E-state index in [0.717, 1.165) is 5.56 Å². The first-order valence-electron chi connectivity index (χ1n) is 7.22. The second-order valence-electron chi connectivity index (χ2n) is 6.09. The van der Waals surface area contributed by atoms with Crippen LogP contribution in [0, 0.1) is 24.0 Å². The van der Waals surface area contributed by atoms with Crippen molar-refractivity contribution in [1.82, 2.24) is 0 Å². The topological polar surface area (TPSA) is 20.3 Å². The van der Waals surface area contributed by atoms with Crippen LogP contribution in [0.25, 0.3) is 0 Å². The summed E-state index contributed by atoms with van der Waals surface area (Å²) in [5.41, 5.74) is 1.14. The average Bonchev–Trinajstić information content (AvgIpc) is 2.71. The third-order valence-corrected chi connectivity index (χ3v) is 4.29. The predicted octanol–water partition coefficient (Wildman–Crippen LogP) is 3.77. The van der Waals surface area contributed by atoms with Gasteiger partial charge in [-0.2, -0.15) is 0 Å². The van der Waals surface area contributed by atoms with Crippen molar-refractivity contribution in [2.24, 2.45) is 0 Å². The molecule has 1 aliphatic heterocycles. The van der Waals surface area contributed by atoms with Crippen molar-refractivity contribution in [3.63, 3.8) is 0 Å². The summed E-state index contributed by atoms with van der Waals surface area (Å²) in [5, 5.41) is 0. The van der Waals surface area contributed by atoms with Crippen molar-refractivity contribution < 1.29 is 13.6 Å². The summed E-state index contributed by atoms with van der Waals surface area (Å²) in [6, 6.07) is 8.95. The molecule has 1 aliphatic rings. The Morgan fingerprint density at radius 2 is 1.83 bits per heavy atom. The van der Waals surface area contributed by atoms with Crippen LogP contribution in [0.5, 0.6) is 0 Å². The molecule has 0 spiro atoms. The lowest BCUT2D eigenvalue weighted by molar-refractivity contribution is -0.122. The number of anilines is 1. The highest BCUT2D eigenvalue weighted by molar-refractivity contribution is 6.07. The Hall–Kier alpha value is -2.67. The van der Waals surface area contributed by atoms with Gasteiger partial charge in [0.15, 0.2) is 0 Å². The molecule has 0 atom stereocenters. The van der Waals surface area contributed by atoms with Crippen LogP contribution in [0.3, 0.4) is 0 Å². The predicted molar refractivity (Wildman–Crippen MR) is 85.0 cm³/mol. The Morgan fingerprint density at radius 3 is 2.43 bits per heavy atom. The van der Waals surface area contributed by atoms with Crippen molar-refractivity contribution >= 4 is 11.6 Å². The SMILES string of the molecule is C#Cc1ccc2c(c1)N(Cc1c(F)cccc1F)C(=O)C2(C)C. The zero-order valence-corrected chi connectivity index (χ0v) is 12.9. The molecule has 116 valence electrons. The highest BCUT2D eigenvalue weighted by Crippen LogP contribution is 2.42. The molecule has 1 amide bonds. The first kappa shape index (κ1) is 15.2. The Kier molecular flexibility index (Phi) is 3.45. The van der Waals surface area contributed by atoms with Crippen molar-refractivity contribution in [2.45, 2.75) is 25.8 Å². The number of hydrogen-bond donors (Lipinski definition) is 0. The van der Waals surface area contributed by atoms with Gasteiger partial charge in [0.05, 0.1) is 12.0 Å². The second-order valence-corrected chi connectivity index (χ2v) is 6.09. The van der Waals surface area contributed by atoms with Crippen LogP contribution in [0.4, 0.5) is 14.5 Å². The molecular weight excluding hydrogens is 296 g/mol. The van der Waals surface area contributed by atoms with Gasteiger partial charge in [-0.05, 0) is 43.7 Å². The summed E-state index contributed by atoms with van der Waals surface area (Å²) in [6.45, 7) is 3.42. The molecule has 0 aromatic heterocycles. The first-order valence-corrected chi connectivity index (χ1v) is 7.22.